The molecule has 2 N–H and O–H groups in total. The average Bonchev–Trinajstić information content (AvgIpc) is 2.90. The largest absolute Gasteiger partial charge is 0.496 e. The lowest BCUT2D eigenvalue weighted by Gasteiger charge is -2.18. The molecular formula is C15H18BrNO3S. The second kappa shape index (κ2) is 7.15. The van der Waals surface area contributed by atoms with Crippen molar-refractivity contribution >= 4 is 27.3 Å². The Labute approximate surface area is 137 Å². The molecule has 1 atom stereocenters. The number of thiophene rings is 1. The van der Waals surface area contributed by atoms with E-state index in [9.17, 15) is 0 Å². The van der Waals surface area contributed by atoms with Gasteiger partial charge >= 0.3 is 0 Å². The van der Waals surface area contributed by atoms with Crippen LogP contribution in [0, 0.1) is 0 Å². The number of ether oxygens (including phenoxy) is 3. The van der Waals surface area contributed by atoms with Gasteiger partial charge in [0.05, 0.1) is 25.1 Å². The predicted molar refractivity (Wildman–Crippen MR) is 88.7 cm³/mol. The Hall–Kier alpha value is -1.24. The molecule has 1 aromatic carbocycles. The number of nitrogens with two attached hydrogens (primary N) is 1. The fourth-order valence-electron chi connectivity index (χ4n) is 2.13. The highest BCUT2D eigenvalue weighted by atomic mass is 79.9. The zero-order valence-corrected chi connectivity index (χ0v) is 14.6. The predicted octanol–water partition coefficient (Wildman–Crippen LogP) is 3.78. The zero-order chi connectivity index (χ0) is 15.4. The van der Waals surface area contributed by atoms with Crippen LogP contribution in [0.1, 0.15) is 16.5 Å². The van der Waals surface area contributed by atoms with E-state index < -0.39 is 0 Å². The fourth-order valence-corrected chi connectivity index (χ4v) is 3.67. The summed E-state index contributed by atoms with van der Waals surface area (Å²) in [5, 5.41) is 0. The minimum absolute atomic E-state index is 0.176. The van der Waals surface area contributed by atoms with Crippen LogP contribution in [0.5, 0.6) is 17.2 Å². The zero-order valence-electron chi connectivity index (χ0n) is 12.2. The van der Waals surface area contributed by atoms with E-state index >= 15 is 0 Å². The number of rotatable bonds is 6. The van der Waals surface area contributed by atoms with E-state index in [1.807, 2.05) is 12.1 Å². The molecule has 2 rings (SSSR count). The Balaban J connectivity index is 2.32. The molecule has 0 saturated carbocycles. The number of benzene rings is 1. The molecule has 0 aliphatic rings. The van der Waals surface area contributed by atoms with Gasteiger partial charge in [0.15, 0.2) is 11.5 Å². The molecule has 1 heterocycles. The standard InChI is InChI=1S/C15H18BrNO3S/c1-18-12-8-14(20-3)13(19-2)7-10(12)11(17)6-9-4-5-15(16)21-9/h4-5,7-8,11H,6,17H2,1-3H3. The summed E-state index contributed by atoms with van der Waals surface area (Å²) in [6, 6.07) is 7.61. The number of halogens is 1. The molecule has 4 nitrogen and oxygen atoms in total. The summed E-state index contributed by atoms with van der Waals surface area (Å²) in [5.74, 6) is 1.98. The van der Waals surface area contributed by atoms with Gasteiger partial charge in [-0.05, 0) is 34.1 Å². The molecule has 0 aliphatic heterocycles. The molecular weight excluding hydrogens is 354 g/mol. The third kappa shape index (κ3) is 3.70. The summed E-state index contributed by atoms with van der Waals surface area (Å²) in [4.78, 5) is 1.21. The third-order valence-electron chi connectivity index (χ3n) is 3.19. The fraction of sp³-hybridized carbons (Fsp3) is 0.333. The van der Waals surface area contributed by atoms with E-state index in [4.69, 9.17) is 19.9 Å². The first kappa shape index (κ1) is 16.1. The molecule has 0 radical (unpaired) electrons. The van der Waals surface area contributed by atoms with Crippen molar-refractivity contribution in [2.24, 2.45) is 5.73 Å². The molecule has 1 unspecified atom stereocenters. The highest BCUT2D eigenvalue weighted by Gasteiger charge is 2.18. The molecule has 0 bridgehead atoms. The molecule has 0 saturated heterocycles. The Morgan fingerprint density at radius 3 is 2.19 bits per heavy atom. The average molecular weight is 372 g/mol. The highest BCUT2D eigenvalue weighted by Crippen LogP contribution is 2.38. The summed E-state index contributed by atoms with van der Waals surface area (Å²) in [5.41, 5.74) is 7.25. The Morgan fingerprint density at radius 1 is 1.05 bits per heavy atom. The molecule has 0 aliphatic carbocycles. The van der Waals surface area contributed by atoms with Crippen molar-refractivity contribution < 1.29 is 14.2 Å². The van der Waals surface area contributed by atoms with Gasteiger partial charge in [0.25, 0.3) is 0 Å². The topological polar surface area (TPSA) is 53.7 Å². The van der Waals surface area contributed by atoms with Crippen molar-refractivity contribution in [2.75, 3.05) is 21.3 Å². The van der Waals surface area contributed by atoms with Crippen molar-refractivity contribution in [3.8, 4) is 17.2 Å². The van der Waals surface area contributed by atoms with Gasteiger partial charge in [-0.1, -0.05) is 0 Å². The Bertz CT molecular complexity index is 615. The Kier molecular flexibility index (Phi) is 5.50. The van der Waals surface area contributed by atoms with Gasteiger partial charge in [-0.3, -0.25) is 0 Å². The number of hydrogen-bond donors (Lipinski definition) is 1. The van der Waals surface area contributed by atoms with E-state index in [1.54, 1.807) is 38.7 Å². The van der Waals surface area contributed by atoms with Crippen molar-refractivity contribution in [3.05, 3.63) is 38.5 Å². The van der Waals surface area contributed by atoms with Gasteiger partial charge in [0, 0.05) is 29.0 Å². The summed E-state index contributed by atoms with van der Waals surface area (Å²) in [6.07, 6.45) is 0.738. The van der Waals surface area contributed by atoms with E-state index in [2.05, 4.69) is 22.0 Å². The minimum Gasteiger partial charge on any atom is -0.496 e. The van der Waals surface area contributed by atoms with Crippen LogP contribution in [0.15, 0.2) is 28.1 Å². The van der Waals surface area contributed by atoms with Crippen LogP contribution in [0.4, 0.5) is 0 Å². The van der Waals surface area contributed by atoms with E-state index in [1.165, 1.54) is 4.88 Å². The Morgan fingerprint density at radius 2 is 1.67 bits per heavy atom. The van der Waals surface area contributed by atoms with Crippen LogP contribution in [0.25, 0.3) is 0 Å². The first-order valence-corrected chi connectivity index (χ1v) is 7.99. The smallest absolute Gasteiger partial charge is 0.164 e. The molecule has 1 aromatic heterocycles. The van der Waals surface area contributed by atoms with E-state index in [-0.39, 0.29) is 6.04 Å². The van der Waals surface area contributed by atoms with Gasteiger partial charge in [0.1, 0.15) is 5.75 Å². The molecule has 21 heavy (non-hydrogen) atoms. The van der Waals surface area contributed by atoms with Crippen LogP contribution in [-0.4, -0.2) is 21.3 Å². The van der Waals surface area contributed by atoms with Crippen molar-refractivity contribution in [1.82, 2.24) is 0 Å². The monoisotopic (exact) mass is 371 g/mol. The maximum atomic E-state index is 6.34. The maximum Gasteiger partial charge on any atom is 0.164 e. The van der Waals surface area contributed by atoms with E-state index in [0.717, 1.165) is 15.8 Å². The van der Waals surface area contributed by atoms with Crippen LogP contribution in [0.2, 0.25) is 0 Å². The lowest BCUT2D eigenvalue weighted by atomic mass is 10.0. The SMILES string of the molecule is COc1cc(OC)c(C(N)Cc2ccc(Br)s2)cc1OC. The first-order valence-electron chi connectivity index (χ1n) is 6.38. The lowest BCUT2D eigenvalue weighted by Crippen LogP contribution is -2.14. The summed E-state index contributed by atoms with van der Waals surface area (Å²) >= 11 is 5.15. The summed E-state index contributed by atoms with van der Waals surface area (Å²) in [7, 11) is 4.83. The number of methoxy groups -OCH3 is 3. The molecule has 114 valence electrons. The van der Waals surface area contributed by atoms with Gasteiger partial charge in [-0.25, -0.2) is 0 Å². The van der Waals surface area contributed by atoms with Crippen molar-refractivity contribution in [3.63, 3.8) is 0 Å². The van der Waals surface area contributed by atoms with Crippen molar-refractivity contribution in [1.29, 1.82) is 0 Å². The molecule has 0 spiro atoms. The maximum absolute atomic E-state index is 6.34. The molecule has 0 fully saturated rings. The normalized spacial score (nSPS) is 12.0. The highest BCUT2D eigenvalue weighted by molar-refractivity contribution is 9.11. The first-order chi connectivity index (χ1) is 10.1. The summed E-state index contributed by atoms with van der Waals surface area (Å²) < 4.78 is 17.2. The van der Waals surface area contributed by atoms with E-state index in [0.29, 0.717) is 17.2 Å². The van der Waals surface area contributed by atoms with Crippen LogP contribution in [-0.2, 0) is 6.42 Å². The quantitative estimate of drug-likeness (QED) is 0.839. The molecule has 0 amide bonds. The van der Waals surface area contributed by atoms with Gasteiger partial charge in [-0.15, -0.1) is 11.3 Å². The van der Waals surface area contributed by atoms with Crippen LogP contribution >= 0.6 is 27.3 Å². The van der Waals surface area contributed by atoms with Gasteiger partial charge in [-0.2, -0.15) is 0 Å². The molecule has 6 heteroatoms. The number of hydrogen-bond acceptors (Lipinski definition) is 5. The van der Waals surface area contributed by atoms with Crippen molar-refractivity contribution in [2.45, 2.75) is 12.5 Å². The lowest BCUT2D eigenvalue weighted by molar-refractivity contribution is 0.346. The van der Waals surface area contributed by atoms with Gasteiger partial charge in [0.2, 0.25) is 0 Å². The molecule has 2 aromatic rings. The van der Waals surface area contributed by atoms with Crippen LogP contribution < -0.4 is 19.9 Å². The second-order valence-electron chi connectivity index (χ2n) is 4.47. The van der Waals surface area contributed by atoms with Crippen LogP contribution in [0.3, 0.4) is 0 Å². The minimum atomic E-state index is -0.176. The summed E-state index contributed by atoms with van der Waals surface area (Å²) in [6.45, 7) is 0. The second-order valence-corrected chi connectivity index (χ2v) is 7.01. The third-order valence-corrected chi connectivity index (χ3v) is 4.83. The van der Waals surface area contributed by atoms with Gasteiger partial charge < -0.3 is 19.9 Å².